The van der Waals surface area contributed by atoms with Gasteiger partial charge in [-0.05, 0) is 62.9 Å². The number of rotatable bonds is 6. The first-order valence-electron chi connectivity index (χ1n) is 8.67. The first kappa shape index (κ1) is 19.5. The Kier molecular flexibility index (Phi) is 5.87. The van der Waals surface area contributed by atoms with Gasteiger partial charge in [-0.2, -0.15) is 5.10 Å². The SMILES string of the molecule is Cc1cc(NC(=O)c2cc(COc3ccc(Cl)c(C)c3)cs2)n(C(C)C)n1. The fourth-order valence-electron chi connectivity index (χ4n) is 2.63. The third kappa shape index (κ3) is 4.70. The van der Waals surface area contributed by atoms with E-state index in [1.165, 1.54) is 11.3 Å². The molecular weight excluding hydrogens is 382 g/mol. The third-order valence-electron chi connectivity index (χ3n) is 4.00. The number of benzene rings is 1. The number of halogens is 1. The van der Waals surface area contributed by atoms with E-state index in [4.69, 9.17) is 16.3 Å². The van der Waals surface area contributed by atoms with E-state index in [0.29, 0.717) is 22.3 Å². The van der Waals surface area contributed by atoms with Gasteiger partial charge in [0, 0.05) is 22.7 Å². The molecule has 0 bridgehead atoms. The topological polar surface area (TPSA) is 56.1 Å². The molecule has 2 aromatic heterocycles. The second kappa shape index (κ2) is 8.15. The van der Waals surface area contributed by atoms with Gasteiger partial charge in [-0.15, -0.1) is 11.3 Å². The average molecular weight is 404 g/mol. The van der Waals surface area contributed by atoms with Gasteiger partial charge in [0.1, 0.15) is 18.2 Å². The summed E-state index contributed by atoms with van der Waals surface area (Å²) in [6.45, 7) is 8.30. The van der Waals surface area contributed by atoms with Crippen molar-refractivity contribution < 1.29 is 9.53 Å². The molecule has 0 aliphatic carbocycles. The summed E-state index contributed by atoms with van der Waals surface area (Å²) in [7, 11) is 0. The highest BCUT2D eigenvalue weighted by Crippen LogP contribution is 2.24. The number of hydrogen-bond acceptors (Lipinski definition) is 4. The van der Waals surface area contributed by atoms with Crippen LogP contribution in [0.15, 0.2) is 35.7 Å². The zero-order valence-corrected chi connectivity index (χ0v) is 17.3. The Morgan fingerprint density at radius 2 is 2.07 bits per heavy atom. The molecule has 3 aromatic rings. The van der Waals surface area contributed by atoms with Crippen molar-refractivity contribution in [2.75, 3.05) is 5.32 Å². The Hall–Kier alpha value is -2.31. The molecule has 0 saturated heterocycles. The van der Waals surface area contributed by atoms with Crippen molar-refractivity contribution in [1.82, 2.24) is 9.78 Å². The molecule has 27 heavy (non-hydrogen) atoms. The number of hydrogen-bond donors (Lipinski definition) is 1. The smallest absolute Gasteiger partial charge is 0.266 e. The lowest BCUT2D eigenvalue weighted by atomic mass is 10.2. The maximum atomic E-state index is 12.6. The second-order valence-corrected chi connectivity index (χ2v) is 8.00. The molecule has 142 valence electrons. The summed E-state index contributed by atoms with van der Waals surface area (Å²) in [5.41, 5.74) is 2.79. The quantitative estimate of drug-likeness (QED) is 0.580. The third-order valence-corrected chi connectivity index (χ3v) is 5.40. The predicted octanol–water partition coefficient (Wildman–Crippen LogP) is 5.63. The molecule has 0 unspecified atom stereocenters. The van der Waals surface area contributed by atoms with Crippen LogP contribution < -0.4 is 10.1 Å². The van der Waals surface area contributed by atoms with Crippen molar-refractivity contribution in [2.45, 2.75) is 40.3 Å². The van der Waals surface area contributed by atoms with Crippen LogP contribution in [-0.4, -0.2) is 15.7 Å². The number of carbonyl (C=O) groups is 1. The summed E-state index contributed by atoms with van der Waals surface area (Å²) in [5.74, 6) is 1.32. The van der Waals surface area contributed by atoms with Gasteiger partial charge in [0.15, 0.2) is 0 Å². The Morgan fingerprint density at radius 1 is 1.30 bits per heavy atom. The summed E-state index contributed by atoms with van der Waals surface area (Å²) < 4.78 is 7.61. The molecule has 0 spiro atoms. The van der Waals surface area contributed by atoms with Crippen molar-refractivity contribution in [2.24, 2.45) is 0 Å². The van der Waals surface area contributed by atoms with Crippen molar-refractivity contribution in [3.8, 4) is 5.75 Å². The first-order valence-corrected chi connectivity index (χ1v) is 9.93. The highest BCUT2D eigenvalue weighted by molar-refractivity contribution is 7.12. The molecule has 1 N–H and O–H groups in total. The largest absolute Gasteiger partial charge is 0.489 e. The van der Waals surface area contributed by atoms with Gasteiger partial charge in [0.25, 0.3) is 5.91 Å². The molecule has 7 heteroatoms. The highest BCUT2D eigenvalue weighted by atomic mass is 35.5. The molecule has 0 radical (unpaired) electrons. The normalized spacial score (nSPS) is 11.0. The van der Waals surface area contributed by atoms with Crippen molar-refractivity contribution in [3.63, 3.8) is 0 Å². The summed E-state index contributed by atoms with van der Waals surface area (Å²) >= 11 is 7.43. The van der Waals surface area contributed by atoms with Gasteiger partial charge in [0.05, 0.1) is 10.6 Å². The molecule has 0 fully saturated rings. The Balaban J connectivity index is 1.64. The van der Waals surface area contributed by atoms with Crippen LogP contribution in [0.2, 0.25) is 5.02 Å². The lowest BCUT2D eigenvalue weighted by Gasteiger charge is -2.11. The number of carbonyl (C=O) groups excluding carboxylic acids is 1. The Bertz CT molecular complexity index is 962. The van der Waals surface area contributed by atoms with Crippen molar-refractivity contribution in [3.05, 3.63) is 62.4 Å². The van der Waals surface area contributed by atoms with Gasteiger partial charge in [-0.1, -0.05) is 11.6 Å². The average Bonchev–Trinajstić information content (AvgIpc) is 3.22. The van der Waals surface area contributed by atoms with Crippen LogP contribution >= 0.6 is 22.9 Å². The van der Waals surface area contributed by atoms with Crippen LogP contribution in [0, 0.1) is 13.8 Å². The zero-order chi connectivity index (χ0) is 19.6. The predicted molar refractivity (Wildman–Crippen MR) is 110 cm³/mol. The number of anilines is 1. The molecule has 0 saturated carbocycles. The van der Waals surface area contributed by atoms with Crippen LogP contribution in [0.5, 0.6) is 5.75 Å². The van der Waals surface area contributed by atoms with E-state index in [1.54, 1.807) is 0 Å². The van der Waals surface area contributed by atoms with Crippen LogP contribution in [0.1, 0.15) is 46.4 Å². The standard InChI is InChI=1S/C20H22ClN3O2S/c1-12(2)24-19(8-14(4)23-24)22-20(25)18-9-15(11-27-18)10-26-16-5-6-17(21)13(3)7-16/h5-9,11-12H,10H2,1-4H3,(H,22,25). The van der Waals surface area contributed by atoms with Crippen LogP contribution in [0.4, 0.5) is 5.82 Å². The minimum Gasteiger partial charge on any atom is -0.489 e. The van der Waals surface area contributed by atoms with Gasteiger partial charge < -0.3 is 10.1 Å². The lowest BCUT2D eigenvalue weighted by Crippen LogP contribution is -2.15. The van der Waals surface area contributed by atoms with E-state index in [1.807, 2.05) is 68.1 Å². The second-order valence-electron chi connectivity index (χ2n) is 6.68. The van der Waals surface area contributed by atoms with E-state index < -0.39 is 0 Å². The van der Waals surface area contributed by atoms with Gasteiger partial charge in [-0.3, -0.25) is 4.79 Å². The van der Waals surface area contributed by atoms with E-state index in [9.17, 15) is 4.79 Å². The minimum absolute atomic E-state index is 0.143. The van der Waals surface area contributed by atoms with E-state index in [2.05, 4.69) is 10.4 Å². The Morgan fingerprint density at radius 3 is 2.78 bits per heavy atom. The maximum absolute atomic E-state index is 12.6. The molecule has 0 atom stereocenters. The summed E-state index contributed by atoms with van der Waals surface area (Å²) in [6.07, 6.45) is 0. The number of thiophene rings is 1. The number of nitrogens with zero attached hydrogens (tertiary/aromatic N) is 2. The van der Waals surface area contributed by atoms with E-state index >= 15 is 0 Å². The lowest BCUT2D eigenvalue weighted by molar-refractivity contribution is 0.102. The molecule has 2 heterocycles. The number of nitrogens with one attached hydrogen (secondary N) is 1. The highest BCUT2D eigenvalue weighted by Gasteiger charge is 2.15. The molecule has 3 rings (SSSR count). The van der Waals surface area contributed by atoms with E-state index in [0.717, 1.165) is 22.6 Å². The Labute approximate surface area is 167 Å². The fourth-order valence-corrected chi connectivity index (χ4v) is 3.54. The summed E-state index contributed by atoms with van der Waals surface area (Å²) in [6, 6.07) is 9.45. The van der Waals surface area contributed by atoms with E-state index in [-0.39, 0.29) is 11.9 Å². The molecule has 5 nitrogen and oxygen atoms in total. The zero-order valence-electron chi connectivity index (χ0n) is 15.7. The van der Waals surface area contributed by atoms with Crippen LogP contribution in [0.3, 0.4) is 0 Å². The van der Waals surface area contributed by atoms with Crippen molar-refractivity contribution >= 4 is 34.7 Å². The molecule has 1 aromatic carbocycles. The summed E-state index contributed by atoms with van der Waals surface area (Å²) in [4.78, 5) is 13.2. The monoisotopic (exact) mass is 403 g/mol. The van der Waals surface area contributed by atoms with Crippen LogP contribution in [0.25, 0.3) is 0 Å². The molecular formula is C20H22ClN3O2S. The number of aromatic nitrogens is 2. The van der Waals surface area contributed by atoms with Crippen LogP contribution in [-0.2, 0) is 6.61 Å². The molecule has 1 amide bonds. The maximum Gasteiger partial charge on any atom is 0.266 e. The van der Waals surface area contributed by atoms with Gasteiger partial charge >= 0.3 is 0 Å². The summed E-state index contributed by atoms with van der Waals surface area (Å²) in [5, 5.41) is 10.0. The minimum atomic E-state index is -0.143. The van der Waals surface area contributed by atoms with Gasteiger partial charge in [-0.25, -0.2) is 4.68 Å². The number of aryl methyl sites for hydroxylation is 2. The fraction of sp³-hybridized carbons (Fsp3) is 0.300. The first-order chi connectivity index (χ1) is 12.8. The van der Waals surface area contributed by atoms with Crippen molar-refractivity contribution in [1.29, 1.82) is 0 Å². The van der Waals surface area contributed by atoms with Gasteiger partial charge in [0.2, 0.25) is 0 Å². The number of ether oxygens (including phenoxy) is 1. The molecule has 0 aliphatic rings. The number of amides is 1. The molecule has 0 aliphatic heterocycles.